The summed E-state index contributed by atoms with van der Waals surface area (Å²) in [7, 11) is 0. The van der Waals surface area contributed by atoms with Gasteiger partial charge in [0.2, 0.25) is 0 Å². The maximum atomic E-state index is 12.6. The summed E-state index contributed by atoms with van der Waals surface area (Å²) in [6.07, 6.45) is 2.77. The molecule has 0 aliphatic carbocycles. The first-order valence-corrected chi connectivity index (χ1v) is 10.6. The molecule has 0 unspecified atom stereocenters. The molecule has 0 fully saturated rings. The van der Waals surface area contributed by atoms with Crippen LogP contribution in [0.5, 0.6) is 0 Å². The first-order valence-electron chi connectivity index (χ1n) is 10.6. The Morgan fingerprint density at radius 2 is 1.93 bits per heavy atom. The Balaban J connectivity index is 2.00. The third-order valence-electron chi connectivity index (χ3n) is 5.88. The highest BCUT2D eigenvalue weighted by molar-refractivity contribution is 6.09. The Morgan fingerprint density at radius 3 is 2.53 bits per heavy atom. The number of hydrogen-bond acceptors (Lipinski definition) is 3. The molecule has 156 valence electrons. The predicted molar refractivity (Wildman–Crippen MR) is 125 cm³/mol. The smallest absolute Gasteiger partial charge is 0.266 e. The van der Waals surface area contributed by atoms with Gasteiger partial charge in [-0.05, 0) is 94.0 Å². The topological polar surface area (TPSA) is 56.1 Å². The number of aryl methyl sites for hydroxylation is 1. The minimum Gasteiger partial charge on any atom is -0.364 e. The Hall–Kier alpha value is -3.06. The summed E-state index contributed by atoms with van der Waals surface area (Å²) < 4.78 is 0. The molecule has 0 aromatic heterocycles. The molecule has 0 bridgehead atoms. The molecule has 0 spiro atoms. The van der Waals surface area contributed by atoms with E-state index in [1.54, 1.807) is 18.2 Å². The average Bonchev–Trinajstić information content (AvgIpc) is 2.66. The van der Waals surface area contributed by atoms with Crippen LogP contribution >= 0.6 is 0 Å². The van der Waals surface area contributed by atoms with E-state index < -0.39 is 0 Å². The zero-order chi connectivity index (χ0) is 22.1. The van der Waals surface area contributed by atoms with Crippen LogP contribution in [0.3, 0.4) is 0 Å². The number of para-hydroxylation sites is 1. The highest BCUT2D eigenvalue weighted by Crippen LogP contribution is 2.45. The average molecular weight is 402 g/mol. The fraction of sp³-hybridized carbons (Fsp3) is 0.385. The quantitative estimate of drug-likeness (QED) is 0.502. The molecule has 0 radical (unpaired) electrons. The van der Waals surface area contributed by atoms with E-state index in [0.717, 1.165) is 17.5 Å². The van der Waals surface area contributed by atoms with Crippen LogP contribution in [0.1, 0.15) is 63.6 Å². The minimum atomic E-state index is -0.390. The fourth-order valence-electron chi connectivity index (χ4n) is 4.77. The SMILES string of the molecule is Cc1cc2c(cc1/C=C(/C#N)C(=O)Nc1ccccc1)[C@@H](C)CC(C)(C)N2C(C)C. The Labute approximate surface area is 180 Å². The summed E-state index contributed by atoms with van der Waals surface area (Å²) in [6.45, 7) is 13.4. The lowest BCUT2D eigenvalue weighted by molar-refractivity contribution is -0.112. The van der Waals surface area contributed by atoms with Crippen molar-refractivity contribution in [2.45, 2.75) is 65.5 Å². The van der Waals surface area contributed by atoms with Crippen LogP contribution in [0.15, 0.2) is 48.0 Å². The first kappa shape index (κ1) is 21.6. The van der Waals surface area contributed by atoms with E-state index in [9.17, 15) is 10.1 Å². The third-order valence-corrected chi connectivity index (χ3v) is 5.88. The van der Waals surface area contributed by atoms with Crippen molar-refractivity contribution < 1.29 is 4.79 Å². The highest BCUT2D eigenvalue weighted by Gasteiger charge is 2.37. The zero-order valence-electron chi connectivity index (χ0n) is 18.8. The van der Waals surface area contributed by atoms with Gasteiger partial charge >= 0.3 is 0 Å². The summed E-state index contributed by atoms with van der Waals surface area (Å²) >= 11 is 0. The number of amides is 1. The maximum Gasteiger partial charge on any atom is 0.266 e. The van der Waals surface area contributed by atoms with E-state index >= 15 is 0 Å². The molecule has 2 aromatic carbocycles. The Morgan fingerprint density at radius 1 is 1.27 bits per heavy atom. The molecule has 2 aromatic rings. The molecule has 1 amide bonds. The highest BCUT2D eigenvalue weighted by atomic mass is 16.1. The van der Waals surface area contributed by atoms with E-state index in [1.807, 2.05) is 25.1 Å². The predicted octanol–water partition coefficient (Wildman–Crippen LogP) is 6.04. The summed E-state index contributed by atoms with van der Waals surface area (Å²) in [5.74, 6) is 0.0141. The molecule has 0 saturated carbocycles. The molecule has 4 nitrogen and oxygen atoms in total. The zero-order valence-corrected chi connectivity index (χ0v) is 18.8. The van der Waals surface area contributed by atoms with Crippen LogP contribution in [0.2, 0.25) is 0 Å². The van der Waals surface area contributed by atoms with Crippen LogP contribution in [0.4, 0.5) is 11.4 Å². The number of rotatable bonds is 4. The van der Waals surface area contributed by atoms with Crippen LogP contribution in [0.25, 0.3) is 6.08 Å². The lowest BCUT2D eigenvalue weighted by Crippen LogP contribution is -2.51. The van der Waals surface area contributed by atoms with E-state index in [1.165, 1.54) is 11.3 Å². The number of carbonyl (C=O) groups excluding carboxylic acids is 1. The molecule has 3 rings (SSSR count). The second-order valence-corrected chi connectivity index (χ2v) is 9.14. The molecule has 1 aliphatic heterocycles. The van der Waals surface area contributed by atoms with Gasteiger partial charge in [-0.2, -0.15) is 5.26 Å². The number of anilines is 2. The van der Waals surface area contributed by atoms with E-state index in [-0.39, 0.29) is 17.0 Å². The Bertz CT molecular complexity index is 1010. The van der Waals surface area contributed by atoms with Gasteiger partial charge in [0.25, 0.3) is 5.91 Å². The first-order chi connectivity index (χ1) is 14.1. The number of nitrogens with zero attached hydrogens (tertiary/aromatic N) is 2. The van der Waals surface area contributed by atoms with Gasteiger partial charge in [0, 0.05) is 23.0 Å². The van der Waals surface area contributed by atoms with Crippen molar-refractivity contribution in [3.63, 3.8) is 0 Å². The number of hydrogen-bond donors (Lipinski definition) is 1. The number of carbonyl (C=O) groups is 1. The fourth-order valence-corrected chi connectivity index (χ4v) is 4.77. The molecule has 4 heteroatoms. The largest absolute Gasteiger partial charge is 0.364 e. The normalized spacial score (nSPS) is 18.0. The molecule has 1 N–H and O–H groups in total. The molecule has 30 heavy (non-hydrogen) atoms. The van der Waals surface area contributed by atoms with Gasteiger partial charge < -0.3 is 10.2 Å². The van der Waals surface area contributed by atoms with Crippen molar-refractivity contribution in [2.75, 3.05) is 10.2 Å². The van der Waals surface area contributed by atoms with Gasteiger partial charge in [-0.25, -0.2) is 0 Å². The standard InChI is InChI=1S/C26H31N3O/c1-17(2)29-24-12-18(3)20(14-23(24)19(4)15-26(29,5)6)13-21(16-27)25(30)28-22-10-8-7-9-11-22/h7-14,17,19H,15H2,1-6H3,(H,28,30)/b21-13-/t19-/m0/s1. The van der Waals surface area contributed by atoms with Crippen molar-refractivity contribution in [1.82, 2.24) is 0 Å². The minimum absolute atomic E-state index is 0.0811. The second kappa shape index (κ2) is 8.36. The summed E-state index contributed by atoms with van der Waals surface area (Å²) in [5, 5.41) is 12.4. The van der Waals surface area contributed by atoms with Crippen molar-refractivity contribution >= 4 is 23.4 Å². The molecular weight excluding hydrogens is 370 g/mol. The summed E-state index contributed by atoms with van der Waals surface area (Å²) in [6, 6.07) is 16.0. The van der Waals surface area contributed by atoms with Gasteiger partial charge in [-0.1, -0.05) is 25.1 Å². The van der Waals surface area contributed by atoms with E-state index in [4.69, 9.17) is 0 Å². The number of benzene rings is 2. The molecule has 1 aliphatic rings. The van der Waals surface area contributed by atoms with Crippen LogP contribution in [0, 0.1) is 18.3 Å². The van der Waals surface area contributed by atoms with E-state index in [2.05, 4.69) is 63.0 Å². The van der Waals surface area contributed by atoms with Crippen LogP contribution in [-0.4, -0.2) is 17.5 Å². The monoisotopic (exact) mass is 401 g/mol. The van der Waals surface area contributed by atoms with Crippen LogP contribution in [-0.2, 0) is 4.79 Å². The lowest BCUT2D eigenvalue weighted by atomic mass is 9.78. The van der Waals surface area contributed by atoms with E-state index in [0.29, 0.717) is 17.6 Å². The van der Waals surface area contributed by atoms with Gasteiger partial charge in [0.15, 0.2) is 0 Å². The van der Waals surface area contributed by atoms with Gasteiger partial charge in [-0.3, -0.25) is 4.79 Å². The van der Waals surface area contributed by atoms with Gasteiger partial charge in [-0.15, -0.1) is 0 Å². The van der Waals surface area contributed by atoms with Crippen molar-refractivity contribution in [2.24, 2.45) is 0 Å². The molecular formula is C26H31N3O. The molecule has 1 atom stereocenters. The Kier molecular flexibility index (Phi) is 6.03. The van der Waals surface area contributed by atoms with Crippen molar-refractivity contribution in [1.29, 1.82) is 5.26 Å². The van der Waals surface area contributed by atoms with Gasteiger partial charge in [0.1, 0.15) is 11.6 Å². The van der Waals surface area contributed by atoms with Crippen LogP contribution < -0.4 is 10.2 Å². The number of nitrogens with one attached hydrogen (secondary N) is 1. The number of fused-ring (bicyclic) bond motifs is 1. The molecule has 0 saturated heterocycles. The summed E-state index contributed by atoms with van der Waals surface area (Å²) in [5.41, 5.74) is 5.38. The van der Waals surface area contributed by atoms with Gasteiger partial charge in [0.05, 0.1) is 0 Å². The second-order valence-electron chi connectivity index (χ2n) is 9.14. The maximum absolute atomic E-state index is 12.6. The lowest BCUT2D eigenvalue weighted by Gasteiger charge is -2.50. The number of nitriles is 1. The van der Waals surface area contributed by atoms with Crippen molar-refractivity contribution in [3.05, 3.63) is 64.7 Å². The third kappa shape index (κ3) is 4.26. The molecule has 1 heterocycles. The van der Waals surface area contributed by atoms with Crippen molar-refractivity contribution in [3.8, 4) is 6.07 Å². The summed E-state index contributed by atoms with van der Waals surface area (Å²) in [4.78, 5) is 15.1.